The molecular weight excluding hydrogens is 297 g/mol. The quantitative estimate of drug-likeness (QED) is 0.793. The van der Waals surface area contributed by atoms with Crippen LogP contribution in [0.25, 0.3) is 0 Å². The van der Waals surface area contributed by atoms with Crippen molar-refractivity contribution in [1.82, 2.24) is 10.6 Å². The van der Waals surface area contributed by atoms with Crippen LogP contribution in [0.2, 0.25) is 0 Å². The minimum Gasteiger partial charge on any atom is -0.350 e. The van der Waals surface area contributed by atoms with E-state index in [9.17, 15) is 14.0 Å². The zero-order valence-electron chi connectivity index (χ0n) is 12.7. The van der Waals surface area contributed by atoms with E-state index in [1.54, 1.807) is 43.3 Å². The molecule has 2 aromatic rings. The summed E-state index contributed by atoms with van der Waals surface area (Å²) in [5.74, 6) is -0.661. The molecule has 2 aromatic carbocycles. The molecule has 2 rings (SSSR count). The summed E-state index contributed by atoms with van der Waals surface area (Å²) in [7, 11) is 0. The van der Waals surface area contributed by atoms with Crippen molar-refractivity contribution in [1.29, 1.82) is 0 Å². The molecule has 120 valence electrons. The molecular formula is C17H18FN3O2. The molecule has 0 aliphatic rings. The number of anilines is 1. The van der Waals surface area contributed by atoms with Crippen LogP contribution in [0.3, 0.4) is 0 Å². The highest BCUT2D eigenvalue weighted by Crippen LogP contribution is 2.08. The van der Waals surface area contributed by atoms with Gasteiger partial charge in [-0.15, -0.1) is 0 Å². The molecule has 0 aliphatic heterocycles. The van der Waals surface area contributed by atoms with E-state index in [1.807, 2.05) is 6.07 Å². The van der Waals surface area contributed by atoms with Gasteiger partial charge in [0.1, 0.15) is 5.82 Å². The number of halogens is 1. The Morgan fingerprint density at radius 2 is 1.78 bits per heavy atom. The Balaban J connectivity index is 1.72. The Kier molecular flexibility index (Phi) is 5.68. The first kappa shape index (κ1) is 16.5. The molecule has 23 heavy (non-hydrogen) atoms. The molecule has 0 heterocycles. The number of aryl methyl sites for hydroxylation is 1. The number of rotatable bonds is 5. The highest BCUT2D eigenvalue weighted by molar-refractivity contribution is 5.92. The van der Waals surface area contributed by atoms with Gasteiger partial charge in [0.05, 0.1) is 6.54 Å². The van der Waals surface area contributed by atoms with Crippen molar-refractivity contribution in [3.05, 3.63) is 65.5 Å². The third-order valence-electron chi connectivity index (χ3n) is 3.17. The lowest BCUT2D eigenvalue weighted by atomic mass is 10.1. The lowest BCUT2D eigenvalue weighted by Gasteiger charge is -2.09. The van der Waals surface area contributed by atoms with Crippen LogP contribution in [0.4, 0.5) is 14.9 Å². The summed E-state index contributed by atoms with van der Waals surface area (Å²) < 4.78 is 13.4. The lowest BCUT2D eigenvalue weighted by molar-refractivity contribution is -0.120. The summed E-state index contributed by atoms with van der Waals surface area (Å²) in [5.41, 5.74) is 1.86. The number of carbonyl (C=O) groups excluding carboxylic acids is 2. The molecule has 0 fully saturated rings. The topological polar surface area (TPSA) is 70.2 Å². The average molecular weight is 315 g/mol. The standard InChI is InChI=1S/C17H18FN3O2/c1-12-7-8-13(9-15(12)18)10-19-16(22)11-20-17(23)21-14-5-3-2-4-6-14/h2-9H,10-11H2,1H3,(H,19,22)(H2,20,21,23). The lowest BCUT2D eigenvalue weighted by Crippen LogP contribution is -2.38. The van der Waals surface area contributed by atoms with E-state index in [-0.39, 0.29) is 24.8 Å². The van der Waals surface area contributed by atoms with Crippen LogP contribution in [0, 0.1) is 12.7 Å². The largest absolute Gasteiger partial charge is 0.350 e. The first-order chi connectivity index (χ1) is 11.0. The van der Waals surface area contributed by atoms with Crippen molar-refractivity contribution < 1.29 is 14.0 Å². The number of urea groups is 1. The van der Waals surface area contributed by atoms with Crippen molar-refractivity contribution in [2.75, 3.05) is 11.9 Å². The van der Waals surface area contributed by atoms with Gasteiger partial charge < -0.3 is 16.0 Å². The van der Waals surface area contributed by atoms with Crippen molar-refractivity contribution in [2.45, 2.75) is 13.5 Å². The smallest absolute Gasteiger partial charge is 0.319 e. The predicted octanol–water partition coefficient (Wildman–Crippen LogP) is 2.57. The number of carbonyl (C=O) groups is 2. The van der Waals surface area contributed by atoms with Gasteiger partial charge >= 0.3 is 6.03 Å². The fraction of sp³-hybridized carbons (Fsp3) is 0.176. The Hall–Kier alpha value is -2.89. The van der Waals surface area contributed by atoms with Crippen molar-refractivity contribution in [3.63, 3.8) is 0 Å². The van der Waals surface area contributed by atoms with Crippen molar-refractivity contribution in [2.24, 2.45) is 0 Å². The number of hydrogen-bond donors (Lipinski definition) is 3. The molecule has 6 heteroatoms. The minimum absolute atomic E-state index is 0.160. The van der Waals surface area contributed by atoms with Crippen molar-refractivity contribution >= 4 is 17.6 Å². The molecule has 0 saturated carbocycles. The fourth-order valence-electron chi connectivity index (χ4n) is 1.87. The van der Waals surface area contributed by atoms with Crippen LogP contribution >= 0.6 is 0 Å². The number of para-hydroxylation sites is 1. The fourth-order valence-corrected chi connectivity index (χ4v) is 1.87. The second kappa shape index (κ2) is 7.93. The maximum absolute atomic E-state index is 13.4. The zero-order valence-corrected chi connectivity index (χ0v) is 12.7. The van der Waals surface area contributed by atoms with Crippen LogP contribution < -0.4 is 16.0 Å². The zero-order chi connectivity index (χ0) is 16.7. The Morgan fingerprint density at radius 3 is 2.48 bits per heavy atom. The Morgan fingerprint density at radius 1 is 1.04 bits per heavy atom. The molecule has 0 unspecified atom stereocenters. The maximum Gasteiger partial charge on any atom is 0.319 e. The predicted molar refractivity (Wildman–Crippen MR) is 86.4 cm³/mol. The first-order valence-electron chi connectivity index (χ1n) is 7.16. The van der Waals surface area contributed by atoms with Gasteiger partial charge in [0.2, 0.25) is 5.91 Å². The van der Waals surface area contributed by atoms with E-state index >= 15 is 0 Å². The third kappa shape index (κ3) is 5.43. The number of nitrogens with one attached hydrogen (secondary N) is 3. The first-order valence-corrected chi connectivity index (χ1v) is 7.16. The van der Waals surface area contributed by atoms with E-state index in [1.165, 1.54) is 6.07 Å². The molecule has 5 nitrogen and oxygen atoms in total. The van der Waals surface area contributed by atoms with Gasteiger partial charge in [-0.2, -0.15) is 0 Å². The summed E-state index contributed by atoms with van der Waals surface area (Å²) in [5, 5.41) is 7.67. The molecule has 0 atom stereocenters. The van der Waals surface area contributed by atoms with E-state index < -0.39 is 6.03 Å². The van der Waals surface area contributed by atoms with Gasteiger partial charge in [0.15, 0.2) is 0 Å². The van der Waals surface area contributed by atoms with Crippen LogP contribution in [0.5, 0.6) is 0 Å². The van der Waals surface area contributed by atoms with Gasteiger partial charge in [0, 0.05) is 12.2 Å². The molecule has 0 radical (unpaired) electrons. The minimum atomic E-state index is -0.465. The van der Waals surface area contributed by atoms with E-state index in [0.717, 1.165) is 0 Å². The Labute approximate surface area is 133 Å². The summed E-state index contributed by atoms with van der Waals surface area (Å²) in [6.07, 6.45) is 0. The molecule has 0 saturated heterocycles. The average Bonchev–Trinajstić information content (AvgIpc) is 2.55. The van der Waals surface area contributed by atoms with Gasteiger partial charge in [0.25, 0.3) is 0 Å². The molecule has 0 bridgehead atoms. The number of hydrogen-bond acceptors (Lipinski definition) is 2. The van der Waals surface area contributed by atoms with Crippen LogP contribution in [0.15, 0.2) is 48.5 Å². The second-order valence-corrected chi connectivity index (χ2v) is 5.03. The molecule has 0 aliphatic carbocycles. The van der Waals surface area contributed by atoms with Gasteiger partial charge in [-0.05, 0) is 36.2 Å². The summed E-state index contributed by atoms with van der Waals surface area (Å²) in [6, 6.07) is 13.2. The Bertz CT molecular complexity index is 689. The van der Waals surface area contributed by atoms with E-state index in [4.69, 9.17) is 0 Å². The monoisotopic (exact) mass is 315 g/mol. The summed E-state index contributed by atoms with van der Waals surface area (Å²) in [6.45, 7) is 1.72. The summed E-state index contributed by atoms with van der Waals surface area (Å²) >= 11 is 0. The normalized spacial score (nSPS) is 10.0. The molecule has 0 spiro atoms. The molecule has 3 N–H and O–H groups in total. The van der Waals surface area contributed by atoms with Crippen LogP contribution in [0.1, 0.15) is 11.1 Å². The number of amides is 3. The summed E-state index contributed by atoms with van der Waals surface area (Å²) in [4.78, 5) is 23.3. The second-order valence-electron chi connectivity index (χ2n) is 5.03. The van der Waals surface area contributed by atoms with Gasteiger partial charge in [-0.25, -0.2) is 9.18 Å². The third-order valence-corrected chi connectivity index (χ3v) is 3.17. The SMILES string of the molecule is Cc1ccc(CNC(=O)CNC(=O)Nc2ccccc2)cc1F. The van der Waals surface area contributed by atoms with Crippen LogP contribution in [-0.4, -0.2) is 18.5 Å². The maximum atomic E-state index is 13.4. The van der Waals surface area contributed by atoms with Gasteiger partial charge in [-0.1, -0.05) is 30.3 Å². The molecule has 3 amide bonds. The van der Waals surface area contributed by atoms with E-state index in [2.05, 4.69) is 16.0 Å². The van der Waals surface area contributed by atoms with E-state index in [0.29, 0.717) is 16.8 Å². The number of benzene rings is 2. The van der Waals surface area contributed by atoms with Crippen LogP contribution in [-0.2, 0) is 11.3 Å². The van der Waals surface area contributed by atoms with Crippen molar-refractivity contribution in [3.8, 4) is 0 Å². The highest BCUT2D eigenvalue weighted by atomic mass is 19.1. The molecule has 0 aromatic heterocycles. The van der Waals surface area contributed by atoms with Gasteiger partial charge in [-0.3, -0.25) is 4.79 Å². The highest BCUT2D eigenvalue weighted by Gasteiger charge is 2.06.